The van der Waals surface area contributed by atoms with Crippen LogP contribution in [0.15, 0.2) is 24.3 Å². The second-order valence-corrected chi connectivity index (χ2v) is 7.26. The molecule has 0 aromatic heterocycles. The van der Waals surface area contributed by atoms with Crippen LogP contribution in [0.4, 0.5) is 0 Å². The van der Waals surface area contributed by atoms with Gasteiger partial charge < -0.3 is 5.32 Å². The smallest absolute Gasteiger partial charge is 0.0297 e. The molecular formula is C16H25NS. The van der Waals surface area contributed by atoms with Crippen LogP contribution in [-0.4, -0.2) is 17.5 Å². The van der Waals surface area contributed by atoms with Crippen molar-refractivity contribution >= 4 is 11.8 Å². The normalized spacial score (nSPS) is 24.8. The summed E-state index contributed by atoms with van der Waals surface area (Å²) in [5.41, 5.74) is 3.24. The third-order valence-electron chi connectivity index (χ3n) is 4.22. The van der Waals surface area contributed by atoms with Gasteiger partial charge >= 0.3 is 0 Å². The molecule has 0 amide bonds. The van der Waals surface area contributed by atoms with Gasteiger partial charge in [-0.25, -0.2) is 0 Å². The fourth-order valence-electron chi connectivity index (χ4n) is 2.67. The average Bonchev–Trinajstić information content (AvgIpc) is 2.32. The van der Waals surface area contributed by atoms with Gasteiger partial charge in [0.15, 0.2) is 0 Å². The molecule has 2 heteroatoms. The zero-order valence-corrected chi connectivity index (χ0v) is 12.8. The molecule has 1 aromatic rings. The lowest BCUT2D eigenvalue weighted by molar-refractivity contribution is 0.232. The van der Waals surface area contributed by atoms with Gasteiger partial charge in [-0.3, -0.25) is 0 Å². The number of aryl methyl sites for hydroxylation is 1. The molecule has 1 aliphatic heterocycles. The molecule has 1 fully saturated rings. The Morgan fingerprint density at radius 2 is 2.06 bits per heavy atom. The molecule has 2 atom stereocenters. The highest BCUT2D eigenvalue weighted by molar-refractivity contribution is 7.99. The highest BCUT2D eigenvalue weighted by Gasteiger charge is 2.33. The summed E-state index contributed by atoms with van der Waals surface area (Å²) >= 11 is 2.08. The molecule has 2 rings (SSSR count). The van der Waals surface area contributed by atoms with Crippen molar-refractivity contribution in [3.63, 3.8) is 0 Å². The molecule has 0 aliphatic carbocycles. The lowest BCUT2D eigenvalue weighted by atomic mass is 9.81. The Hall–Kier alpha value is -0.470. The van der Waals surface area contributed by atoms with E-state index in [1.54, 1.807) is 0 Å². The highest BCUT2D eigenvalue weighted by atomic mass is 32.2. The minimum absolute atomic E-state index is 0.419. The summed E-state index contributed by atoms with van der Waals surface area (Å²) in [7, 11) is 0. The van der Waals surface area contributed by atoms with E-state index in [-0.39, 0.29) is 0 Å². The van der Waals surface area contributed by atoms with E-state index in [0.717, 1.165) is 0 Å². The van der Waals surface area contributed by atoms with Crippen molar-refractivity contribution in [1.82, 2.24) is 5.32 Å². The number of nitrogens with one attached hydrogen (secondary N) is 1. The van der Waals surface area contributed by atoms with E-state index in [2.05, 4.69) is 69.0 Å². The number of hydrogen-bond donors (Lipinski definition) is 1. The van der Waals surface area contributed by atoms with Crippen molar-refractivity contribution in [2.24, 2.45) is 5.41 Å². The van der Waals surface area contributed by atoms with Crippen LogP contribution in [-0.2, 0) is 0 Å². The molecule has 1 saturated heterocycles. The predicted molar refractivity (Wildman–Crippen MR) is 82.2 cm³/mol. The Kier molecular flexibility index (Phi) is 4.39. The van der Waals surface area contributed by atoms with Crippen molar-refractivity contribution < 1.29 is 0 Å². The van der Waals surface area contributed by atoms with Crippen LogP contribution in [0.25, 0.3) is 0 Å². The monoisotopic (exact) mass is 263 g/mol. The first kappa shape index (κ1) is 14.0. The number of benzene rings is 1. The van der Waals surface area contributed by atoms with E-state index < -0.39 is 0 Å². The Morgan fingerprint density at radius 3 is 2.72 bits per heavy atom. The molecule has 0 saturated carbocycles. The second kappa shape index (κ2) is 5.66. The summed E-state index contributed by atoms with van der Waals surface area (Å²) in [6.07, 6.45) is 1.32. The standard InChI is InChI=1S/C16H25NS/c1-12-7-5-6-8-14(12)13(2)17-15-11-18-10-9-16(15,3)4/h5-8,13,15,17H,9-11H2,1-4H3/t13-,15?/m0/s1. The van der Waals surface area contributed by atoms with Crippen LogP contribution in [0.1, 0.15) is 44.4 Å². The van der Waals surface area contributed by atoms with Gasteiger partial charge in [-0.05, 0) is 42.6 Å². The first-order chi connectivity index (χ1) is 8.50. The van der Waals surface area contributed by atoms with Gasteiger partial charge in [-0.1, -0.05) is 38.1 Å². The third-order valence-corrected chi connectivity index (χ3v) is 5.29. The van der Waals surface area contributed by atoms with Crippen molar-refractivity contribution in [1.29, 1.82) is 0 Å². The molecule has 100 valence electrons. The molecule has 1 N–H and O–H groups in total. The Morgan fingerprint density at radius 1 is 1.33 bits per heavy atom. The zero-order chi connectivity index (χ0) is 13.2. The number of rotatable bonds is 3. The molecule has 1 unspecified atom stereocenters. The minimum Gasteiger partial charge on any atom is -0.306 e. The molecule has 1 aromatic carbocycles. The van der Waals surface area contributed by atoms with Gasteiger partial charge in [0.05, 0.1) is 0 Å². The Balaban J connectivity index is 2.07. The van der Waals surface area contributed by atoms with Crippen molar-refractivity contribution in [3.05, 3.63) is 35.4 Å². The van der Waals surface area contributed by atoms with E-state index in [1.807, 2.05) is 0 Å². The summed E-state index contributed by atoms with van der Waals surface area (Å²) in [6, 6.07) is 9.76. The fourth-order valence-corrected chi connectivity index (χ4v) is 4.29. The van der Waals surface area contributed by atoms with Crippen LogP contribution in [0.3, 0.4) is 0 Å². The topological polar surface area (TPSA) is 12.0 Å². The van der Waals surface area contributed by atoms with E-state index >= 15 is 0 Å². The van der Waals surface area contributed by atoms with Crippen molar-refractivity contribution in [2.75, 3.05) is 11.5 Å². The molecule has 1 aliphatic rings. The SMILES string of the molecule is Cc1ccccc1[C@H](C)NC1CSCCC1(C)C. The molecule has 1 nitrogen and oxygen atoms in total. The lowest BCUT2D eigenvalue weighted by Gasteiger charge is -2.40. The van der Waals surface area contributed by atoms with Crippen molar-refractivity contribution in [2.45, 2.75) is 46.2 Å². The first-order valence-corrected chi connectivity index (χ1v) is 8.05. The highest BCUT2D eigenvalue weighted by Crippen LogP contribution is 2.35. The molecular weight excluding hydrogens is 238 g/mol. The number of hydrogen-bond acceptors (Lipinski definition) is 2. The predicted octanol–water partition coefficient (Wildman–Crippen LogP) is 4.18. The lowest BCUT2D eigenvalue weighted by Crippen LogP contribution is -2.47. The first-order valence-electron chi connectivity index (χ1n) is 6.90. The van der Waals surface area contributed by atoms with E-state index in [4.69, 9.17) is 0 Å². The largest absolute Gasteiger partial charge is 0.306 e. The van der Waals surface area contributed by atoms with Gasteiger partial charge in [-0.15, -0.1) is 0 Å². The quantitative estimate of drug-likeness (QED) is 0.878. The van der Waals surface area contributed by atoms with Gasteiger partial charge in [0, 0.05) is 17.8 Å². The van der Waals surface area contributed by atoms with Gasteiger partial charge in [-0.2, -0.15) is 11.8 Å². The summed E-state index contributed by atoms with van der Waals surface area (Å²) in [6.45, 7) is 9.29. The Bertz CT molecular complexity index is 400. The van der Waals surface area contributed by atoms with Crippen LogP contribution in [0.2, 0.25) is 0 Å². The van der Waals surface area contributed by atoms with Crippen LogP contribution < -0.4 is 5.32 Å². The zero-order valence-electron chi connectivity index (χ0n) is 12.0. The van der Waals surface area contributed by atoms with Crippen LogP contribution >= 0.6 is 11.8 Å². The maximum absolute atomic E-state index is 3.85. The van der Waals surface area contributed by atoms with E-state index in [9.17, 15) is 0 Å². The van der Waals surface area contributed by atoms with Crippen molar-refractivity contribution in [3.8, 4) is 0 Å². The summed E-state index contributed by atoms with van der Waals surface area (Å²) in [5, 5.41) is 3.85. The third kappa shape index (κ3) is 3.10. The van der Waals surface area contributed by atoms with Gasteiger partial charge in [0.2, 0.25) is 0 Å². The molecule has 18 heavy (non-hydrogen) atoms. The Labute approximate surface area is 116 Å². The molecule has 0 bridgehead atoms. The maximum atomic E-state index is 3.85. The number of thioether (sulfide) groups is 1. The summed E-state index contributed by atoms with van der Waals surface area (Å²) in [5.74, 6) is 2.55. The summed E-state index contributed by atoms with van der Waals surface area (Å²) in [4.78, 5) is 0. The minimum atomic E-state index is 0.419. The molecule has 1 heterocycles. The van der Waals surface area contributed by atoms with Gasteiger partial charge in [0.1, 0.15) is 0 Å². The molecule has 0 spiro atoms. The van der Waals surface area contributed by atoms with Gasteiger partial charge in [0.25, 0.3) is 0 Å². The van der Waals surface area contributed by atoms with Crippen LogP contribution in [0, 0.1) is 12.3 Å². The summed E-state index contributed by atoms with van der Waals surface area (Å²) < 4.78 is 0. The fraction of sp³-hybridized carbons (Fsp3) is 0.625. The van der Waals surface area contributed by atoms with Crippen LogP contribution in [0.5, 0.6) is 0 Å². The second-order valence-electron chi connectivity index (χ2n) is 6.11. The van der Waals surface area contributed by atoms with E-state index in [0.29, 0.717) is 17.5 Å². The average molecular weight is 263 g/mol. The maximum Gasteiger partial charge on any atom is 0.0297 e. The molecule has 0 radical (unpaired) electrons. The van der Waals surface area contributed by atoms with E-state index in [1.165, 1.54) is 29.1 Å².